The highest BCUT2D eigenvalue weighted by molar-refractivity contribution is 5.96. The van der Waals surface area contributed by atoms with Gasteiger partial charge in [-0.15, -0.1) is 0 Å². The second kappa shape index (κ2) is 8.52. The average Bonchev–Trinajstić information content (AvgIpc) is 3.07. The van der Waals surface area contributed by atoms with E-state index in [1.807, 2.05) is 4.57 Å². The number of hydrogen-bond donors (Lipinski definition) is 2. The largest absolute Gasteiger partial charge is 0.496 e. The Morgan fingerprint density at radius 2 is 1.88 bits per heavy atom. The van der Waals surface area contributed by atoms with E-state index < -0.39 is 17.7 Å². The summed E-state index contributed by atoms with van der Waals surface area (Å²) < 4.78 is 46.3. The first-order valence-corrected chi connectivity index (χ1v) is 11.2. The van der Waals surface area contributed by atoms with E-state index in [0.29, 0.717) is 28.6 Å². The standard InChI is InChI=1S/C25H28F3N3O3/c1-14-9-17(13-24(2,3)12-14)31-20-11-21(34-4)18(22(32)33)10-19(20)30-23(31)29-16-7-5-15(6-8-16)25(26,27)28/h5-8,10-11,14,17H,9,12-13H2,1-4H3,(H,29,30)(H,32,33)/t14-,17?/m0/s1. The van der Waals surface area contributed by atoms with E-state index in [1.54, 1.807) is 6.07 Å². The number of aromatic carboxylic acids is 1. The van der Waals surface area contributed by atoms with Gasteiger partial charge in [-0.25, -0.2) is 9.78 Å². The Morgan fingerprint density at radius 1 is 1.21 bits per heavy atom. The zero-order chi connectivity index (χ0) is 24.8. The van der Waals surface area contributed by atoms with Crippen molar-refractivity contribution in [2.24, 2.45) is 11.3 Å². The molecule has 0 saturated heterocycles. The zero-order valence-electron chi connectivity index (χ0n) is 19.5. The molecule has 34 heavy (non-hydrogen) atoms. The van der Waals surface area contributed by atoms with Crippen LogP contribution >= 0.6 is 0 Å². The smallest absolute Gasteiger partial charge is 0.416 e. The summed E-state index contributed by atoms with van der Waals surface area (Å²) in [5.74, 6) is 0.0166. The number of methoxy groups -OCH3 is 1. The first kappa shape index (κ1) is 23.9. The fraction of sp³-hybridized carbons (Fsp3) is 0.440. The van der Waals surface area contributed by atoms with Gasteiger partial charge in [0.1, 0.15) is 11.3 Å². The van der Waals surface area contributed by atoms with Crippen molar-refractivity contribution in [3.05, 3.63) is 47.5 Å². The summed E-state index contributed by atoms with van der Waals surface area (Å²) in [6.45, 7) is 6.65. The summed E-state index contributed by atoms with van der Waals surface area (Å²) in [4.78, 5) is 16.4. The molecule has 2 aromatic carbocycles. The SMILES string of the molecule is COc1cc2c(cc1C(=O)O)nc(Nc1ccc(C(F)(F)F)cc1)n2C1C[C@H](C)CC(C)(C)C1. The Morgan fingerprint density at radius 3 is 2.44 bits per heavy atom. The highest BCUT2D eigenvalue weighted by Gasteiger charge is 2.35. The number of carboxylic acid groups (broad SMARTS) is 1. The molecule has 1 aliphatic rings. The molecule has 182 valence electrons. The number of hydrogen-bond acceptors (Lipinski definition) is 4. The van der Waals surface area contributed by atoms with Gasteiger partial charge in [-0.05, 0) is 60.9 Å². The second-order valence-corrected chi connectivity index (χ2v) is 9.92. The minimum Gasteiger partial charge on any atom is -0.496 e. The van der Waals surface area contributed by atoms with Gasteiger partial charge in [0.2, 0.25) is 5.95 Å². The number of fused-ring (bicyclic) bond motifs is 1. The van der Waals surface area contributed by atoms with Crippen LogP contribution < -0.4 is 10.1 Å². The highest BCUT2D eigenvalue weighted by Crippen LogP contribution is 2.46. The topological polar surface area (TPSA) is 76.4 Å². The monoisotopic (exact) mass is 475 g/mol. The number of aromatic nitrogens is 2. The first-order chi connectivity index (χ1) is 15.9. The van der Waals surface area contributed by atoms with Crippen molar-refractivity contribution >= 4 is 28.6 Å². The van der Waals surface area contributed by atoms with Gasteiger partial charge in [-0.3, -0.25) is 0 Å². The molecule has 1 aliphatic carbocycles. The van der Waals surface area contributed by atoms with Gasteiger partial charge in [0, 0.05) is 17.8 Å². The molecule has 2 N–H and O–H groups in total. The molecule has 2 atom stereocenters. The van der Waals surface area contributed by atoms with E-state index in [0.717, 1.165) is 31.4 Å². The molecule has 0 radical (unpaired) electrons. The molecule has 9 heteroatoms. The van der Waals surface area contributed by atoms with Crippen molar-refractivity contribution < 1.29 is 27.8 Å². The van der Waals surface area contributed by atoms with Crippen molar-refractivity contribution in [3.63, 3.8) is 0 Å². The summed E-state index contributed by atoms with van der Waals surface area (Å²) in [6, 6.07) is 7.99. The van der Waals surface area contributed by atoms with Crippen LogP contribution in [0.5, 0.6) is 5.75 Å². The van der Waals surface area contributed by atoms with Crippen LogP contribution in [0.15, 0.2) is 36.4 Å². The molecule has 4 rings (SSSR count). The van der Waals surface area contributed by atoms with Crippen LogP contribution in [0.3, 0.4) is 0 Å². The van der Waals surface area contributed by atoms with E-state index in [1.165, 1.54) is 25.3 Å². The third-order valence-electron chi connectivity index (χ3n) is 6.44. The molecule has 3 aromatic rings. The van der Waals surface area contributed by atoms with E-state index in [4.69, 9.17) is 4.74 Å². The van der Waals surface area contributed by atoms with Gasteiger partial charge in [-0.1, -0.05) is 20.8 Å². The molecule has 0 spiro atoms. The number of carboxylic acids is 1. The van der Waals surface area contributed by atoms with Crippen LogP contribution in [0.2, 0.25) is 0 Å². The maximum Gasteiger partial charge on any atom is 0.416 e. The van der Waals surface area contributed by atoms with Gasteiger partial charge in [0.25, 0.3) is 0 Å². The predicted molar refractivity (Wildman–Crippen MR) is 124 cm³/mol. The number of imidazole rings is 1. The molecule has 6 nitrogen and oxygen atoms in total. The lowest BCUT2D eigenvalue weighted by molar-refractivity contribution is -0.137. The number of carbonyl (C=O) groups is 1. The second-order valence-electron chi connectivity index (χ2n) is 9.92. The molecule has 1 aromatic heterocycles. The number of rotatable bonds is 5. The minimum absolute atomic E-state index is 0.00179. The summed E-state index contributed by atoms with van der Waals surface area (Å²) in [5.41, 5.74) is 1.01. The Kier molecular flexibility index (Phi) is 5.99. The number of ether oxygens (including phenoxy) is 1. The van der Waals surface area contributed by atoms with E-state index in [9.17, 15) is 23.1 Å². The van der Waals surface area contributed by atoms with E-state index >= 15 is 0 Å². The highest BCUT2D eigenvalue weighted by atomic mass is 19.4. The predicted octanol–water partition coefficient (Wildman–Crippen LogP) is 6.89. The lowest BCUT2D eigenvalue weighted by Crippen LogP contribution is -2.29. The first-order valence-electron chi connectivity index (χ1n) is 11.2. The lowest BCUT2D eigenvalue weighted by Gasteiger charge is -2.40. The van der Waals surface area contributed by atoms with Crippen LogP contribution in [-0.2, 0) is 6.18 Å². The van der Waals surface area contributed by atoms with Crippen LogP contribution in [0.1, 0.15) is 62.0 Å². The number of benzene rings is 2. The van der Waals surface area contributed by atoms with Crippen LogP contribution in [0.4, 0.5) is 24.8 Å². The number of nitrogens with one attached hydrogen (secondary N) is 1. The van der Waals surface area contributed by atoms with Gasteiger partial charge in [0.15, 0.2) is 0 Å². The molecule has 1 heterocycles. The van der Waals surface area contributed by atoms with Crippen molar-refractivity contribution in [1.29, 1.82) is 0 Å². The third kappa shape index (κ3) is 4.69. The van der Waals surface area contributed by atoms with Crippen molar-refractivity contribution in [1.82, 2.24) is 9.55 Å². The Bertz CT molecular complexity index is 1220. The van der Waals surface area contributed by atoms with E-state index in [-0.39, 0.29) is 22.8 Å². The molecular formula is C25H28F3N3O3. The quantitative estimate of drug-likeness (QED) is 0.420. The normalized spacial score (nSPS) is 20.3. The Hall–Kier alpha value is -3.23. The third-order valence-corrected chi connectivity index (χ3v) is 6.44. The number of anilines is 2. The van der Waals surface area contributed by atoms with Gasteiger partial charge >= 0.3 is 12.1 Å². The molecular weight excluding hydrogens is 447 g/mol. The van der Waals surface area contributed by atoms with E-state index in [2.05, 4.69) is 31.1 Å². The van der Waals surface area contributed by atoms with Gasteiger partial charge in [0.05, 0.1) is 23.7 Å². The summed E-state index contributed by atoms with van der Waals surface area (Å²) in [7, 11) is 1.42. The molecule has 1 unspecified atom stereocenters. The number of nitrogens with zero attached hydrogens (tertiary/aromatic N) is 2. The molecule has 1 saturated carbocycles. The molecule has 0 aliphatic heterocycles. The summed E-state index contributed by atoms with van der Waals surface area (Å²) >= 11 is 0. The van der Waals surface area contributed by atoms with Crippen molar-refractivity contribution in [2.75, 3.05) is 12.4 Å². The van der Waals surface area contributed by atoms with Crippen molar-refractivity contribution in [3.8, 4) is 5.75 Å². The lowest BCUT2D eigenvalue weighted by atomic mass is 9.70. The van der Waals surface area contributed by atoms with Gasteiger partial charge in [-0.2, -0.15) is 13.2 Å². The molecule has 1 fully saturated rings. The molecule has 0 amide bonds. The minimum atomic E-state index is -4.42. The van der Waals surface area contributed by atoms with Gasteiger partial charge < -0.3 is 19.7 Å². The Labute approximate surface area is 195 Å². The fourth-order valence-corrected chi connectivity index (χ4v) is 5.28. The van der Waals surface area contributed by atoms with Crippen molar-refractivity contribution in [2.45, 2.75) is 52.3 Å². The summed E-state index contributed by atoms with van der Waals surface area (Å²) in [6.07, 6.45) is -1.55. The Balaban J connectivity index is 1.84. The maximum atomic E-state index is 13.0. The van der Waals surface area contributed by atoms with Crippen LogP contribution in [0.25, 0.3) is 11.0 Å². The average molecular weight is 476 g/mol. The fourth-order valence-electron chi connectivity index (χ4n) is 5.28. The van der Waals surface area contributed by atoms with Crippen LogP contribution in [0, 0.1) is 11.3 Å². The summed E-state index contributed by atoms with van der Waals surface area (Å²) in [5, 5.41) is 12.8. The molecule has 0 bridgehead atoms. The zero-order valence-corrected chi connectivity index (χ0v) is 19.5. The maximum absolute atomic E-state index is 13.0. The van der Waals surface area contributed by atoms with Crippen LogP contribution in [-0.4, -0.2) is 27.7 Å². The number of halogens is 3. The number of alkyl halides is 3.